The van der Waals surface area contributed by atoms with Gasteiger partial charge in [-0.3, -0.25) is 4.79 Å². The summed E-state index contributed by atoms with van der Waals surface area (Å²) in [4.78, 5) is 24.0. The Labute approximate surface area is 139 Å². The lowest BCUT2D eigenvalue weighted by molar-refractivity contribution is 0.104. The van der Waals surface area contributed by atoms with Crippen LogP contribution in [-0.2, 0) is 0 Å². The molecule has 0 unspecified atom stereocenters. The fourth-order valence-corrected chi connectivity index (χ4v) is 3.12. The van der Waals surface area contributed by atoms with Crippen molar-refractivity contribution < 1.29 is 9.21 Å². The molecule has 24 heavy (non-hydrogen) atoms. The average molecular weight is 335 g/mol. The molecule has 3 aromatic heterocycles. The second-order valence-electron chi connectivity index (χ2n) is 4.96. The van der Waals surface area contributed by atoms with E-state index in [0.717, 1.165) is 10.9 Å². The maximum Gasteiger partial charge on any atom is 0.249 e. The number of H-pyrrole nitrogens is 1. The highest BCUT2D eigenvalue weighted by Gasteiger charge is 2.20. The first-order chi connectivity index (χ1) is 11.7. The van der Waals surface area contributed by atoms with Crippen molar-refractivity contribution in [3.63, 3.8) is 0 Å². The van der Waals surface area contributed by atoms with Gasteiger partial charge in [-0.2, -0.15) is 10.2 Å². The molecular weight excluding hydrogens is 326 g/mol. The highest BCUT2D eigenvalue weighted by molar-refractivity contribution is 7.12. The van der Waals surface area contributed by atoms with Crippen LogP contribution in [0.2, 0.25) is 0 Å². The van der Waals surface area contributed by atoms with Gasteiger partial charge in [-0.05, 0) is 6.07 Å². The van der Waals surface area contributed by atoms with Crippen LogP contribution in [0.3, 0.4) is 0 Å². The van der Waals surface area contributed by atoms with E-state index in [4.69, 9.17) is 15.4 Å². The number of aromatic nitrogens is 3. The first-order valence-electron chi connectivity index (χ1n) is 6.90. The smallest absolute Gasteiger partial charge is 0.249 e. The quantitative estimate of drug-likeness (QED) is 0.555. The van der Waals surface area contributed by atoms with Crippen molar-refractivity contribution in [3.05, 3.63) is 52.1 Å². The van der Waals surface area contributed by atoms with Gasteiger partial charge in [0.1, 0.15) is 11.8 Å². The zero-order valence-corrected chi connectivity index (χ0v) is 12.9. The van der Waals surface area contributed by atoms with Crippen LogP contribution in [0.15, 0.2) is 40.3 Å². The number of hydrogen-bond donors (Lipinski definition) is 2. The normalized spacial score (nSPS) is 10.8. The summed E-state index contributed by atoms with van der Waals surface area (Å²) in [6.45, 7) is 0. The molecule has 0 amide bonds. The van der Waals surface area contributed by atoms with Crippen molar-refractivity contribution in [2.45, 2.75) is 0 Å². The second kappa shape index (κ2) is 5.33. The number of carbonyl (C=O) groups excluding carboxylic acids is 1. The van der Waals surface area contributed by atoms with Gasteiger partial charge < -0.3 is 15.1 Å². The van der Waals surface area contributed by atoms with E-state index in [1.165, 1.54) is 11.3 Å². The van der Waals surface area contributed by atoms with Crippen LogP contribution in [-0.4, -0.2) is 20.7 Å². The molecule has 0 saturated heterocycles. The number of nitrogens with two attached hydrogens (primary N) is 1. The minimum Gasteiger partial charge on any atom is -0.418 e. The summed E-state index contributed by atoms with van der Waals surface area (Å²) in [6, 6.07) is 9.38. The van der Waals surface area contributed by atoms with E-state index in [1.54, 1.807) is 11.6 Å². The Morgan fingerprint density at radius 1 is 1.33 bits per heavy atom. The number of thiazole rings is 1. The van der Waals surface area contributed by atoms with Gasteiger partial charge in [-0.25, -0.2) is 4.98 Å². The Hall–Kier alpha value is -3.44. The number of para-hydroxylation sites is 1. The molecule has 1 aromatic carbocycles. The van der Waals surface area contributed by atoms with E-state index in [-0.39, 0.29) is 23.3 Å². The molecule has 0 saturated carbocycles. The van der Waals surface area contributed by atoms with Crippen molar-refractivity contribution >= 4 is 33.9 Å². The molecule has 4 rings (SSSR count). The van der Waals surface area contributed by atoms with E-state index in [2.05, 4.69) is 15.0 Å². The second-order valence-corrected chi connectivity index (χ2v) is 5.82. The Morgan fingerprint density at radius 3 is 2.96 bits per heavy atom. The summed E-state index contributed by atoms with van der Waals surface area (Å²) < 4.78 is 5.22. The highest BCUT2D eigenvalue weighted by atomic mass is 32.1. The van der Waals surface area contributed by atoms with Gasteiger partial charge in [-0.15, -0.1) is 11.3 Å². The lowest BCUT2D eigenvalue weighted by Gasteiger charge is -1.94. The number of nitriles is 1. The number of fused-ring (bicyclic) bond motifs is 1. The fourth-order valence-electron chi connectivity index (χ4n) is 2.37. The van der Waals surface area contributed by atoms with Gasteiger partial charge in [0.25, 0.3) is 0 Å². The Kier molecular flexibility index (Phi) is 3.15. The predicted molar refractivity (Wildman–Crippen MR) is 88.5 cm³/mol. The van der Waals surface area contributed by atoms with Crippen molar-refractivity contribution in [1.29, 1.82) is 5.26 Å². The third-order valence-electron chi connectivity index (χ3n) is 3.51. The topological polar surface area (TPSA) is 122 Å². The third-order valence-corrected chi connectivity index (χ3v) is 4.35. The molecule has 0 fully saturated rings. The molecule has 0 bridgehead atoms. The number of oxazole rings is 1. The zero-order chi connectivity index (χ0) is 16.7. The van der Waals surface area contributed by atoms with E-state index < -0.39 is 0 Å². The third kappa shape index (κ3) is 2.15. The summed E-state index contributed by atoms with van der Waals surface area (Å²) in [7, 11) is 0. The van der Waals surface area contributed by atoms with Crippen LogP contribution in [0.1, 0.15) is 21.1 Å². The van der Waals surface area contributed by atoms with Gasteiger partial charge in [-0.1, -0.05) is 18.2 Å². The number of hydrogen-bond acceptors (Lipinski definition) is 7. The van der Waals surface area contributed by atoms with Gasteiger partial charge in [0.2, 0.25) is 23.3 Å². The number of nitrogens with zero attached hydrogens (tertiary/aromatic N) is 3. The van der Waals surface area contributed by atoms with Crippen LogP contribution < -0.4 is 5.73 Å². The number of nitrogen functional groups attached to an aromatic ring is 1. The number of ketones is 1. The molecule has 3 N–H and O–H groups in total. The number of anilines is 1. The molecule has 8 heteroatoms. The van der Waals surface area contributed by atoms with Gasteiger partial charge in [0.05, 0.1) is 5.56 Å². The largest absolute Gasteiger partial charge is 0.418 e. The van der Waals surface area contributed by atoms with Gasteiger partial charge >= 0.3 is 0 Å². The molecule has 0 spiro atoms. The highest BCUT2D eigenvalue weighted by Crippen LogP contribution is 2.27. The molecule has 7 nitrogen and oxygen atoms in total. The first-order valence-corrected chi connectivity index (χ1v) is 7.78. The first kappa shape index (κ1) is 14.2. The Bertz CT molecular complexity index is 1120. The molecule has 0 aliphatic heterocycles. The molecule has 4 aromatic rings. The van der Waals surface area contributed by atoms with Gasteiger partial charge in [0.15, 0.2) is 5.01 Å². The summed E-state index contributed by atoms with van der Waals surface area (Å²) in [6.07, 6.45) is 1.67. The monoisotopic (exact) mass is 335 g/mol. The molecule has 3 heterocycles. The van der Waals surface area contributed by atoms with E-state index in [9.17, 15) is 4.79 Å². The Morgan fingerprint density at radius 2 is 2.17 bits per heavy atom. The molecule has 116 valence electrons. The van der Waals surface area contributed by atoms with Crippen molar-refractivity contribution in [2.24, 2.45) is 0 Å². The van der Waals surface area contributed by atoms with Crippen LogP contribution in [0.4, 0.5) is 5.88 Å². The maximum absolute atomic E-state index is 12.7. The lowest BCUT2D eigenvalue weighted by Crippen LogP contribution is -1.99. The maximum atomic E-state index is 12.7. The van der Waals surface area contributed by atoms with Crippen LogP contribution in [0, 0.1) is 11.3 Å². The van der Waals surface area contributed by atoms with E-state index in [0.29, 0.717) is 16.3 Å². The average Bonchev–Trinajstić information content (AvgIpc) is 3.31. The van der Waals surface area contributed by atoms with Crippen molar-refractivity contribution in [2.75, 3.05) is 5.73 Å². The van der Waals surface area contributed by atoms with Crippen LogP contribution in [0.5, 0.6) is 0 Å². The minimum absolute atomic E-state index is 0.00232. The lowest BCUT2D eigenvalue weighted by atomic mass is 10.1. The van der Waals surface area contributed by atoms with Gasteiger partial charge in [0, 0.05) is 22.5 Å². The van der Waals surface area contributed by atoms with Crippen LogP contribution in [0.25, 0.3) is 22.5 Å². The zero-order valence-electron chi connectivity index (χ0n) is 12.1. The number of rotatable bonds is 3. The van der Waals surface area contributed by atoms with Crippen molar-refractivity contribution in [3.8, 4) is 17.7 Å². The molecule has 0 radical (unpaired) electrons. The fraction of sp³-hybridized carbons (Fsp3) is 0. The summed E-state index contributed by atoms with van der Waals surface area (Å²) in [5, 5.41) is 11.7. The summed E-state index contributed by atoms with van der Waals surface area (Å²) >= 11 is 1.18. The Balaban J connectivity index is 1.72. The molecule has 0 aliphatic rings. The molecular formula is C16H9N5O2S. The summed E-state index contributed by atoms with van der Waals surface area (Å²) in [5.74, 6) is -0.132. The number of nitrogens with one attached hydrogen (secondary N) is 1. The minimum atomic E-state index is -0.191. The summed E-state index contributed by atoms with van der Waals surface area (Å²) in [5.41, 5.74) is 7.36. The number of benzene rings is 1. The predicted octanol–water partition coefficient (Wildman–Crippen LogP) is 2.96. The standard InChI is InChI=1S/C16H9N5O2S/c17-5-11-14(18)23-15(20-11)12-7-24-16(21-12)13(22)9-6-19-10-4-2-1-3-8(9)10/h1-4,6-7,19H,18H2. The van der Waals surface area contributed by atoms with Crippen molar-refractivity contribution in [1.82, 2.24) is 15.0 Å². The van der Waals surface area contributed by atoms with Crippen LogP contribution >= 0.6 is 11.3 Å². The molecule has 0 atom stereocenters. The van der Waals surface area contributed by atoms with E-state index >= 15 is 0 Å². The van der Waals surface area contributed by atoms with E-state index in [1.807, 2.05) is 30.3 Å². The molecule has 0 aliphatic carbocycles. The number of aromatic amines is 1. The SMILES string of the molecule is N#Cc1nc(-c2csc(C(=O)c3c[nH]c4ccccc34)n2)oc1N. The number of carbonyl (C=O) groups is 1.